The van der Waals surface area contributed by atoms with E-state index in [-0.39, 0.29) is 16.9 Å². The predicted molar refractivity (Wildman–Crippen MR) is 78.2 cm³/mol. The van der Waals surface area contributed by atoms with Gasteiger partial charge >= 0.3 is 0 Å². The van der Waals surface area contributed by atoms with Crippen LogP contribution in [0.25, 0.3) is 0 Å². The number of carbonyl (C=O) groups excluding carboxylic acids is 1. The molecule has 4 heteroatoms. The number of amides is 1. The van der Waals surface area contributed by atoms with Crippen molar-refractivity contribution in [2.24, 2.45) is 5.41 Å². The van der Waals surface area contributed by atoms with Crippen LogP contribution in [0.1, 0.15) is 53.4 Å². The smallest absolute Gasteiger partial charge is 0.227 e. The summed E-state index contributed by atoms with van der Waals surface area (Å²) < 4.78 is 5.63. The lowest BCUT2D eigenvalue weighted by molar-refractivity contribution is -0.134. The van der Waals surface area contributed by atoms with E-state index in [9.17, 15) is 4.79 Å². The molecule has 1 saturated heterocycles. The van der Waals surface area contributed by atoms with Gasteiger partial charge in [-0.3, -0.25) is 4.79 Å². The first-order chi connectivity index (χ1) is 8.96. The third-order valence-corrected chi connectivity index (χ3v) is 3.89. The molecule has 1 amide bonds. The average Bonchev–Trinajstić information content (AvgIpc) is 2.37. The lowest BCUT2D eigenvalue weighted by Crippen LogP contribution is -2.53. The third kappa shape index (κ3) is 4.77. The Hall–Kier alpha value is -0.610. The third-order valence-electron chi connectivity index (χ3n) is 3.89. The fourth-order valence-corrected chi connectivity index (χ4v) is 2.89. The zero-order valence-corrected chi connectivity index (χ0v) is 13.0. The van der Waals surface area contributed by atoms with Crippen molar-refractivity contribution in [2.75, 3.05) is 26.2 Å². The molecule has 1 atom stereocenters. The van der Waals surface area contributed by atoms with Gasteiger partial charge in [0.05, 0.1) is 11.0 Å². The molecular formula is C15H30N2O2. The maximum atomic E-state index is 12.6. The van der Waals surface area contributed by atoms with E-state index >= 15 is 0 Å². The summed E-state index contributed by atoms with van der Waals surface area (Å²) >= 11 is 0. The number of nitrogens with one attached hydrogen (secondary N) is 2. The second-order valence-electron chi connectivity index (χ2n) is 6.19. The zero-order valence-electron chi connectivity index (χ0n) is 13.0. The number of rotatable bonds is 7. The zero-order chi connectivity index (χ0) is 14.4. The largest absolute Gasteiger partial charge is 0.374 e. The van der Waals surface area contributed by atoms with Crippen molar-refractivity contribution in [1.82, 2.24) is 10.6 Å². The van der Waals surface area contributed by atoms with Crippen molar-refractivity contribution >= 4 is 5.91 Å². The Bertz CT molecular complexity index is 278. The highest BCUT2D eigenvalue weighted by atomic mass is 16.5. The van der Waals surface area contributed by atoms with E-state index in [1.54, 1.807) is 0 Å². The maximum absolute atomic E-state index is 12.6. The number of hydrogen-bond acceptors (Lipinski definition) is 3. The molecule has 0 aromatic carbocycles. The molecule has 1 unspecified atom stereocenters. The lowest BCUT2D eigenvalue weighted by Gasteiger charge is -2.37. The van der Waals surface area contributed by atoms with Gasteiger partial charge in [-0.25, -0.2) is 0 Å². The fourth-order valence-electron chi connectivity index (χ4n) is 2.89. The Kier molecular flexibility index (Phi) is 6.27. The molecule has 0 bridgehead atoms. The molecule has 1 rings (SSSR count). The van der Waals surface area contributed by atoms with Gasteiger partial charge < -0.3 is 15.4 Å². The van der Waals surface area contributed by atoms with E-state index in [2.05, 4.69) is 17.6 Å². The van der Waals surface area contributed by atoms with Gasteiger partial charge in [0.2, 0.25) is 5.91 Å². The van der Waals surface area contributed by atoms with E-state index in [0.717, 1.165) is 38.8 Å². The van der Waals surface area contributed by atoms with Gasteiger partial charge in [0.25, 0.3) is 0 Å². The van der Waals surface area contributed by atoms with Crippen LogP contribution in [0.2, 0.25) is 0 Å². The normalized spacial score (nSPS) is 24.2. The Morgan fingerprint density at radius 2 is 2.16 bits per heavy atom. The Morgan fingerprint density at radius 1 is 1.42 bits per heavy atom. The summed E-state index contributed by atoms with van der Waals surface area (Å²) in [5.74, 6) is 0.189. The molecule has 0 aromatic rings. The first kappa shape index (κ1) is 16.4. The van der Waals surface area contributed by atoms with Crippen LogP contribution >= 0.6 is 0 Å². The number of ether oxygens (including phenoxy) is 1. The van der Waals surface area contributed by atoms with E-state index < -0.39 is 0 Å². The quantitative estimate of drug-likeness (QED) is 0.745. The van der Waals surface area contributed by atoms with Gasteiger partial charge in [-0.1, -0.05) is 13.3 Å². The van der Waals surface area contributed by atoms with Crippen LogP contribution in [0.15, 0.2) is 0 Å². The molecule has 2 N–H and O–H groups in total. The Balaban J connectivity index is 2.57. The summed E-state index contributed by atoms with van der Waals surface area (Å²) in [6.45, 7) is 11.2. The maximum Gasteiger partial charge on any atom is 0.227 e. The van der Waals surface area contributed by atoms with E-state index in [1.807, 2.05) is 20.8 Å². The van der Waals surface area contributed by atoms with E-state index in [0.29, 0.717) is 13.2 Å². The summed E-state index contributed by atoms with van der Waals surface area (Å²) in [4.78, 5) is 12.6. The van der Waals surface area contributed by atoms with Crippen molar-refractivity contribution in [3.8, 4) is 0 Å². The van der Waals surface area contributed by atoms with Crippen molar-refractivity contribution in [3.63, 3.8) is 0 Å². The van der Waals surface area contributed by atoms with Crippen LogP contribution in [0.5, 0.6) is 0 Å². The van der Waals surface area contributed by atoms with Gasteiger partial charge in [0, 0.05) is 19.7 Å². The molecule has 1 heterocycles. The van der Waals surface area contributed by atoms with Crippen LogP contribution in [0.3, 0.4) is 0 Å². The molecule has 1 aliphatic heterocycles. The number of piperidine rings is 1. The monoisotopic (exact) mass is 270 g/mol. The molecule has 1 aliphatic rings. The van der Waals surface area contributed by atoms with Crippen molar-refractivity contribution in [1.29, 1.82) is 0 Å². The highest BCUT2D eigenvalue weighted by Crippen LogP contribution is 2.32. The molecule has 4 nitrogen and oxygen atoms in total. The van der Waals surface area contributed by atoms with E-state index in [1.165, 1.54) is 0 Å². The number of hydrogen-bond donors (Lipinski definition) is 2. The molecule has 0 radical (unpaired) electrons. The molecule has 0 aromatic heterocycles. The highest BCUT2D eigenvalue weighted by molar-refractivity contribution is 5.83. The Morgan fingerprint density at radius 3 is 2.68 bits per heavy atom. The topological polar surface area (TPSA) is 50.4 Å². The van der Waals surface area contributed by atoms with Gasteiger partial charge in [0.1, 0.15) is 0 Å². The fraction of sp³-hybridized carbons (Fsp3) is 0.933. The van der Waals surface area contributed by atoms with Crippen molar-refractivity contribution in [3.05, 3.63) is 0 Å². The van der Waals surface area contributed by atoms with Gasteiger partial charge in [-0.2, -0.15) is 0 Å². The van der Waals surface area contributed by atoms with Crippen LogP contribution in [-0.4, -0.2) is 37.7 Å². The van der Waals surface area contributed by atoms with Gasteiger partial charge in [0.15, 0.2) is 0 Å². The summed E-state index contributed by atoms with van der Waals surface area (Å²) in [5.41, 5.74) is -0.505. The molecule has 19 heavy (non-hydrogen) atoms. The molecular weight excluding hydrogens is 240 g/mol. The van der Waals surface area contributed by atoms with Gasteiger partial charge in [-0.15, -0.1) is 0 Å². The second-order valence-corrected chi connectivity index (χ2v) is 6.19. The Labute approximate surface area is 117 Å². The molecule has 0 aliphatic carbocycles. The van der Waals surface area contributed by atoms with Crippen LogP contribution < -0.4 is 10.6 Å². The van der Waals surface area contributed by atoms with Crippen molar-refractivity contribution < 1.29 is 9.53 Å². The predicted octanol–water partition coefficient (Wildman–Crippen LogP) is 2.09. The molecule has 0 saturated carbocycles. The van der Waals surface area contributed by atoms with Crippen LogP contribution in [0, 0.1) is 5.41 Å². The standard InChI is InChI=1S/C15H30N2O2/c1-5-8-15(9-7-10-16-12-15)13(18)17-11-14(3,4)19-6-2/h16H,5-12H2,1-4H3,(H,17,18). The van der Waals surface area contributed by atoms with Crippen molar-refractivity contribution in [2.45, 2.75) is 59.0 Å². The minimum absolute atomic E-state index is 0.189. The summed E-state index contributed by atoms with van der Waals surface area (Å²) in [7, 11) is 0. The molecule has 112 valence electrons. The number of carbonyl (C=O) groups is 1. The van der Waals surface area contributed by atoms with Gasteiger partial charge in [-0.05, 0) is 46.6 Å². The van der Waals surface area contributed by atoms with Crippen LogP contribution in [0.4, 0.5) is 0 Å². The minimum Gasteiger partial charge on any atom is -0.374 e. The first-order valence-electron chi connectivity index (χ1n) is 7.59. The summed E-state index contributed by atoms with van der Waals surface area (Å²) in [6.07, 6.45) is 4.09. The minimum atomic E-state index is -0.292. The summed E-state index contributed by atoms with van der Waals surface area (Å²) in [6, 6.07) is 0. The first-order valence-corrected chi connectivity index (χ1v) is 7.59. The SMILES string of the molecule is CCCC1(C(=O)NCC(C)(C)OCC)CCCNC1. The molecule has 0 spiro atoms. The second kappa shape index (κ2) is 7.25. The highest BCUT2D eigenvalue weighted by Gasteiger charge is 2.39. The average molecular weight is 270 g/mol. The molecule has 1 fully saturated rings. The van der Waals surface area contributed by atoms with E-state index in [4.69, 9.17) is 4.74 Å². The van der Waals surface area contributed by atoms with Crippen LogP contribution in [-0.2, 0) is 9.53 Å². The lowest BCUT2D eigenvalue weighted by atomic mass is 9.76. The summed E-state index contributed by atoms with van der Waals surface area (Å²) in [5, 5.41) is 6.47.